The molecule has 24 heavy (non-hydrogen) atoms. The molecule has 0 aliphatic rings. The van der Waals surface area contributed by atoms with Crippen LogP contribution in [0, 0.1) is 13.8 Å². The zero-order valence-corrected chi connectivity index (χ0v) is 14.4. The summed E-state index contributed by atoms with van der Waals surface area (Å²) < 4.78 is 11.0. The van der Waals surface area contributed by atoms with Gasteiger partial charge >= 0.3 is 0 Å². The standard InChI is InChI=1S/C19H24N2O3/c1-13-10-15(11-14(2)19(13)23-3)12-21-16-6-4-5-7-17(16)24-9-8-18(20)22/h4-7,10-11,21H,8-9,12H2,1-3H3,(H2,20,22). The highest BCUT2D eigenvalue weighted by molar-refractivity contribution is 5.73. The Kier molecular flexibility index (Phi) is 6.07. The number of primary amides is 1. The Hall–Kier alpha value is -2.69. The SMILES string of the molecule is COc1c(C)cc(CNc2ccccc2OCCC(N)=O)cc1C. The molecule has 0 atom stereocenters. The van der Waals surface area contributed by atoms with Crippen LogP contribution >= 0.6 is 0 Å². The van der Waals surface area contributed by atoms with Crippen molar-refractivity contribution in [3.05, 3.63) is 53.1 Å². The van der Waals surface area contributed by atoms with Crippen molar-refractivity contribution >= 4 is 11.6 Å². The Morgan fingerprint density at radius 2 is 1.83 bits per heavy atom. The lowest BCUT2D eigenvalue weighted by Gasteiger charge is -2.15. The van der Waals surface area contributed by atoms with E-state index < -0.39 is 0 Å². The van der Waals surface area contributed by atoms with Crippen LogP contribution in [-0.2, 0) is 11.3 Å². The number of anilines is 1. The predicted octanol–water partition coefficient (Wildman–Crippen LogP) is 3.18. The van der Waals surface area contributed by atoms with Gasteiger partial charge in [-0.2, -0.15) is 0 Å². The minimum atomic E-state index is -0.371. The van der Waals surface area contributed by atoms with Crippen molar-refractivity contribution in [2.24, 2.45) is 5.73 Å². The number of rotatable bonds is 8. The molecule has 2 aromatic carbocycles. The summed E-state index contributed by atoms with van der Waals surface area (Å²) >= 11 is 0. The molecule has 2 rings (SSSR count). The molecule has 0 saturated heterocycles. The summed E-state index contributed by atoms with van der Waals surface area (Å²) in [7, 11) is 1.69. The smallest absolute Gasteiger partial charge is 0.220 e. The zero-order valence-electron chi connectivity index (χ0n) is 14.4. The van der Waals surface area contributed by atoms with Crippen LogP contribution < -0.4 is 20.5 Å². The molecule has 0 aliphatic carbocycles. The van der Waals surface area contributed by atoms with Crippen LogP contribution in [0.5, 0.6) is 11.5 Å². The Labute approximate surface area is 142 Å². The number of para-hydroxylation sites is 2. The van der Waals surface area contributed by atoms with Gasteiger partial charge in [0.25, 0.3) is 0 Å². The second-order valence-electron chi connectivity index (χ2n) is 5.68. The van der Waals surface area contributed by atoms with Gasteiger partial charge in [0.15, 0.2) is 0 Å². The van der Waals surface area contributed by atoms with Crippen LogP contribution in [0.2, 0.25) is 0 Å². The van der Waals surface area contributed by atoms with E-state index in [1.807, 2.05) is 38.1 Å². The molecule has 0 unspecified atom stereocenters. The number of benzene rings is 2. The Balaban J connectivity index is 2.05. The first-order chi connectivity index (χ1) is 11.5. The number of hydrogen-bond donors (Lipinski definition) is 2. The van der Waals surface area contributed by atoms with Crippen molar-refractivity contribution < 1.29 is 14.3 Å². The average molecular weight is 328 g/mol. The highest BCUT2D eigenvalue weighted by Crippen LogP contribution is 2.27. The first kappa shape index (κ1) is 17.7. The molecule has 1 amide bonds. The third-order valence-corrected chi connectivity index (χ3v) is 3.70. The lowest BCUT2D eigenvalue weighted by molar-refractivity contribution is -0.118. The molecule has 0 fully saturated rings. The number of nitrogens with one attached hydrogen (secondary N) is 1. The van der Waals surface area contributed by atoms with Crippen molar-refractivity contribution in [1.29, 1.82) is 0 Å². The first-order valence-electron chi connectivity index (χ1n) is 7.89. The van der Waals surface area contributed by atoms with E-state index in [-0.39, 0.29) is 18.9 Å². The Morgan fingerprint density at radius 3 is 2.46 bits per heavy atom. The van der Waals surface area contributed by atoms with Gasteiger partial charge in [-0.15, -0.1) is 0 Å². The number of carbonyl (C=O) groups is 1. The molecule has 0 heterocycles. The van der Waals surface area contributed by atoms with E-state index >= 15 is 0 Å². The largest absolute Gasteiger partial charge is 0.496 e. The third kappa shape index (κ3) is 4.65. The Morgan fingerprint density at radius 1 is 1.17 bits per heavy atom. The molecule has 2 aromatic rings. The van der Waals surface area contributed by atoms with Gasteiger partial charge in [-0.05, 0) is 42.7 Å². The number of nitrogens with two attached hydrogens (primary N) is 1. The summed E-state index contributed by atoms with van der Waals surface area (Å²) in [6.07, 6.45) is 0.200. The molecule has 5 heteroatoms. The summed E-state index contributed by atoms with van der Waals surface area (Å²) in [5, 5.41) is 3.38. The second-order valence-corrected chi connectivity index (χ2v) is 5.68. The summed E-state index contributed by atoms with van der Waals surface area (Å²) in [5.41, 5.74) is 9.41. The van der Waals surface area contributed by atoms with Gasteiger partial charge in [-0.3, -0.25) is 4.79 Å². The lowest BCUT2D eigenvalue weighted by Crippen LogP contribution is -2.15. The van der Waals surface area contributed by atoms with Gasteiger partial charge < -0.3 is 20.5 Å². The Bertz CT molecular complexity index is 691. The maximum absolute atomic E-state index is 10.8. The van der Waals surface area contributed by atoms with Crippen LogP contribution in [0.4, 0.5) is 5.69 Å². The molecule has 0 aromatic heterocycles. The molecule has 0 saturated carbocycles. The molecule has 3 N–H and O–H groups in total. The summed E-state index contributed by atoms with van der Waals surface area (Å²) in [4.78, 5) is 10.8. The van der Waals surface area contributed by atoms with Crippen LogP contribution in [0.15, 0.2) is 36.4 Å². The van der Waals surface area contributed by atoms with E-state index in [1.54, 1.807) is 7.11 Å². The number of methoxy groups -OCH3 is 1. The van der Waals surface area contributed by atoms with Crippen molar-refractivity contribution in [2.45, 2.75) is 26.8 Å². The van der Waals surface area contributed by atoms with Gasteiger partial charge in [0.1, 0.15) is 11.5 Å². The van der Waals surface area contributed by atoms with Gasteiger partial charge in [-0.1, -0.05) is 24.3 Å². The highest BCUT2D eigenvalue weighted by Gasteiger charge is 2.07. The van der Waals surface area contributed by atoms with Gasteiger partial charge in [0.2, 0.25) is 5.91 Å². The summed E-state index contributed by atoms with van der Waals surface area (Å²) in [5.74, 6) is 1.26. The van der Waals surface area contributed by atoms with Gasteiger partial charge in [-0.25, -0.2) is 0 Å². The number of hydrogen-bond acceptors (Lipinski definition) is 4. The normalized spacial score (nSPS) is 10.3. The monoisotopic (exact) mass is 328 g/mol. The number of aryl methyl sites for hydroxylation is 2. The first-order valence-corrected chi connectivity index (χ1v) is 7.89. The maximum atomic E-state index is 10.8. The molecule has 128 valence electrons. The van der Waals surface area contributed by atoms with E-state index in [0.717, 1.165) is 28.1 Å². The minimum absolute atomic E-state index is 0.200. The third-order valence-electron chi connectivity index (χ3n) is 3.70. The number of amides is 1. The second kappa shape index (κ2) is 8.24. The van der Waals surface area contributed by atoms with E-state index in [9.17, 15) is 4.79 Å². The van der Waals surface area contributed by atoms with Crippen LogP contribution in [-0.4, -0.2) is 19.6 Å². The number of ether oxygens (including phenoxy) is 2. The summed E-state index contributed by atoms with van der Waals surface area (Å²) in [6, 6.07) is 11.9. The van der Waals surface area contributed by atoms with E-state index in [0.29, 0.717) is 12.3 Å². The van der Waals surface area contributed by atoms with Crippen molar-refractivity contribution in [3.63, 3.8) is 0 Å². The van der Waals surface area contributed by atoms with Crippen LogP contribution in [0.3, 0.4) is 0 Å². The zero-order chi connectivity index (χ0) is 17.5. The lowest BCUT2D eigenvalue weighted by atomic mass is 10.1. The predicted molar refractivity (Wildman–Crippen MR) is 95.5 cm³/mol. The number of carbonyl (C=O) groups excluding carboxylic acids is 1. The summed E-state index contributed by atoms with van der Waals surface area (Å²) in [6.45, 7) is 5.02. The topological polar surface area (TPSA) is 73.6 Å². The van der Waals surface area contributed by atoms with Crippen molar-refractivity contribution in [2.75, 3.05) is 19.0 Å². The van der Waals surface area contributed by atoms with Crippen molar-refractivity contribution in [3.8, 4) is 11.5 Å². The molecule has 0 spiro atoms. The molecular weight excluding hydrogens is 304 g/mol. The maximum Gasteiger partial charge on any atom is 0.220 e. The molecule has 0 radical (unpaired) electrons. The van der Waals surface area contributed by atoms with Crippen LogP contribution in [0.25, 0.3) is 0 Å². The van der Waals surface area contributed by atoms with Crippen molar-refractivity contribution in [1.82, 2.24) is 0 Å². The molecule has 0 bridgehead atoms. The molecule has 5 nitrogen and oxygen atoms in total. The molecule has 0 aliphatic heterocycles. The van der Waals surface area contributed by atoms with E-state index in [4.69, 9.17) is 15.2 Å². The fourth-order valence-corrected chi connectivity index (χ4v) is 2.66. The van der Waals surface area contributed by atoms with Crippen LogP contribution in [0.1, 0.15) is 23.1 Å². The van der Waals surface area contributed by atoms with E-state index in [1.165, 1.54) is 0 Å². The fraction of sp³-hybridized carbons (Fsp3) is 0.316. The fourth-order valence-electron chi connectivity index (χ4n) is 2.66. The van der Waals surface area contributed by atoms with Gasteiger partial charge in [0, 0.05) is 6.54 Å². The molecular formula is C19H24N2O3. The highest BCUT2D eigenvalue weighted by atomic mass is 16.5. The minimum Gasteiger partial charge on any atom is -0.496 e. The quantitative estimate of drug-likeness (QED) is 0.780. The average Bonchev–Trinajstić information content (AvgIpc) is 2.53. The van der Waals surface area contributed by atoms with E-state index in [2.05, 4.69) is 17.4 Å². The van der Waals surface area contributed by atoms with Gasteiger partial charge in [0.05, 0.1) is 25.8 Å².